The quantitative estimate of drug-likeness (QED) is 0.820. The molecule has 3 aliphatic rings. The van der Waals surface area contributed by atoms with Crippen LogP contribution in [0.4, 0.5) is 11.4 Å². The van der Waals surface area contributed by atoms with Gasteiger partial charge in [0, 0.05) is 24.5 Å². The first-order chi connectivity index (χ1) is 8.78. The number of fused-ring (bicyclic) bond motifs is 3. The van der Waals surface area contributed by atoms with Gasteiger partial charge in [0.1, 0.15) is 0 Å². The fourth-order valence-electron chi connectivity index (χ4n) is 3.83. The number of nitrogens with zero attached hydrogens (tertiary/aromatic N) is 1. The zero-order valence-electron chi connectivity index (χ0n) is 10.5. The smallest absolute Gasteiger partial charge is 0.228 e. The van der Waals surface area contributed by atoms with Crippen LogP contribution < -0.4 is 10.2 Å². The third-order valence-electron chi connectivity index (χ3n) is 4.69. The highest BCUT2D eigenvalue weighted by molar-refractivity contribution is 5.99. The van der Waals surface area contributed by atoms with E-state index in [0.29, 0.717) is 6.42 Å². The van der Waals surface area contributed by atoms with Crippen LogP contribution in [0.2, 0.25) is 0 Å². The first-order valence-electron chi connectivity index (χ1n) is 6.95. The van der Waals surface area contributed by atoms with Gasteiger partial charge in [0.15, 0.2) is 0 Å². The maximum Gasteiger partial charge on any atom is 0.228 e. The molecule has 0 aromatic heterocycles. The van der Waals surface area contributed by atoms with Crippen molar-refractivity contribution in [2.24, 2.45) is 11.8 Å². The molecule has 1 aliphatic carbocycles. The highest BCUT2D eigenvalue weighted by atomic mass is 16.1. The van der Waals surface area contributed by atoms with Gasteiger partial charge in [-0.25, -0.2) is 0 Å². The van der Waals surface area contributed by atoms with Gasteiger partial charge in [0.25, 0.3) is 0 Å². The first kappa shape index (κ1) is 10.4. The lowest BCUT2D eigenvalue weighted by atomic mass is 9.98. The van der Waals surface area contributed by atoms with Gasteiger partial charge >= 0.3 is 0 Å². The molecule has 2 bridgehead atoms. The van der Waals surface area contributed by atoms with E-state index in [2.05, 4.69) is 28.4 Å². The highest BCUT2D eigenvalue weighted by Crippen LogP contribution is 2.39. The number of piperidine rings is 1. The molecule has 2 fully saturated rings. The minimum absolute atomic E-state index is 0.126. The van der Waals surface area contributed by atoms with Crippen molar-refractivity contribution >= 4 is 17.3 Å². The fourth-order valence-corrected chi connectivity index (χ4v) is 3.83. The monoisotopic (exact) mass is 242 g/mol. The largest absolute Gasteiger partial charge is 0.371 e. The van der Waals surface area contributed by atoms with Crippen molar-refractivity contribution in [3.8, 4) is 0 Å². The summed E-state index contributed by atoms with van der Waals surface area (Å²) in [6, 6.07) is 6.43. The van der Waals surface area contributed by atoms with Crippen molar-refractivity contribution in [3.05, 3.63) is 23.8 Å². The van der Waals surface area contributed by atoms with Crippen LogP contribution in [0.5, 0.6) is 0 Å². The molecule has 1 aromatic rings. The van der Waals surface area contributed by atoms with Gasteiger partial charge in [0.05, 0.1) is 6.42 Å². The predicted octanol–water partition coefficient (Wildman–Crippen LogP) is 2.42. The van der Waals surface area contributed by atoms with E-state index in [4.69, 9.17) is 0 Å². The molecule has 0 radical (unpaired) electrons. The van der Waals surface area contributed by atoms with Crippen LogP contribution in [-0.2, 0) is 11.2 Å². The van der Waals surface area contributed by atoms with Crippen molar-refractivity contribution < 1.29 is 4.79 Å². The molecule has 2 aliphatic heterocycles. The molecule has 0 spiro atoms. The average Bonchev–Trinajstić information content (AvgIpc) is 2.89. The van der Waals surface area contributed by atoms with E-state index in [0.717, 1.165) is 23.1 Å². The summed E-state index contributed by atoms with van der Waals surface area (Å²) in [7, 11) is 0. The van der Waals surface area contributed by atoms with Gasteiger partial charge in [-0.15, -0.1) is 0 Å². The standard InChI is InChI=1S/C15H18N2O/c18-15-7-12-6-13(3-4-14(12)16-15)17-8-10-1-2-11(5-10)9-17/h3-4,6,10-11H,1-2,5,7-9H2,(H,16,18)/t10-,11+. The van der Waals surface area contributed by atoms with Crippen molar-refractivity contribution in [1.29, 1.82) is 0 Å². The second kappa shape index (κ2) is 3.74. The molecule has 2 heterocycles. The first-order valence-corrected chi connectivity index (χ1v) is 6.95. The van der Waals surface area contributed by atoms with Gasteiger partial charge < -0.3 is 10.2 Å². The Labute approximate surface area is 107 Å². The van der Waals surface area contributed by atoms with Crippen LogP contribution in [-0.4, -0.2) is 19.0 Å². The molecule has 0 unspecified atom stereocenters. The van der Waals surface area contributed by atoms with Gasteiger partial charge in [-0.05, 0) is 54.9 Å². The number of hydrogen-bond acceptors (Lipinski definition) is 2. The van der Waals surface area contributed by atoms with Crippen LogP contribution in [0.1, 0.15) is 24.8 Å². The summed E-state index contributed by atoms with van der Waals surface area (Å²) >= 11 is 0. The molecular formula is C15H18N2O. The van der Waals surface area contributed by atoms with Crippen molar-refractivity contribution in [2.75, 3.05) is 23.3 Å². The lowest BCUT2D eigenvalue weighted by Crippen LogP contribution is -2.36. The molecule has 1 amide bonds. The third-order valence-corrected chi connectivity index (χ3v) is 4.69. The molecule has 1 N–H and O–H groups in total. The Bertz CT molecular complexity index is 499. The second-order valence-corrected chi connectivity index (χ2v) is 6.02. The van der Waals surface area contributed by atoms with Crippen LogP contribution in [0, 0.1) is 11.8 Å². The van der Waals surface area contributed by atoms with E-state index in [-0.39, 0.29) is 5.91 Å². The molecule has 1 saturated carbocycles. The highest BCUT2D eigenvalue weighted by Gasteiger charge is 2.33. The minimum atomic E-state index is 0.126. The molecule has 2 atom stereocenters. The third kappa shape index (κ3) is 1.61. The van der Waals surface area contributed by atoms with Gasteiger partial charge in [-0.1, -0.05) is 0 Å². The molecular weight excluding hydrogens is 224 g/mol. The molecule has 1 saturated heterocycles. The van der Waals surface area contributed by atoms with E-state index in [9.17, 15) is 4.79 Å². The summed E-state index contributed by atoms with van der Waals surface area (Å²) in [5, 5.41) is 2.90. The van der Waals surface area contributed by atoms with E-state index in [1.165, 1.54) is 38.0 Å². The number of carbonyl (C=O) groups is 1. The fraction of sp³-hybridized carbons (Fsp3) is 0.533. The van der Waals surface area contributed by atoms with E-state index in [1.54, 1.807) is 0 Å². The minimum Gasteiger partial charge on any atom is -0.371 e. The topological polar surface area (TPSA) is 32.3 Å². The molecule has 1 aromatic carbocycles. The summed E-state index contributed by atoms with van der Waals surface area (Å²) < 4.78 is 0. The SMILES string of the molecule is O=C1Cc2cc(N3C[C@@H]4CC[C@@H](C4)C3)ccc2N1. The Morgan fingerprint density at radius 1 is 1.17 bits per heavy atom. The van der Waals surface area contributed by atoms with Gasteiger partial charge in [-0.2, -0.15) is 0 Å². The Hall–Kier alpha value is -1.51. The molecule has 18 heavy (non-hydrogen) atoms. The van der Waals surface area contributed by atoms with Crippen molar-refractivity contribution in [2.45, 2.75) is 25.7 Å². The summed E-state index contributed by atoms with van der Waals surface area (Å²) in [5.41, 5.74) is 3.47. The predicted molar refractivity (Wildman–Crippen MR) is 71.8 cm³/mol. The van der Waals surface area contributed by atoms with E-state index in [1.807, 2.05) is 0 Å². The second-order valence-electron chi connectivity index (χ2n) is 6.02. The Morgan fingerprint density at radius 3 is 2.72 bits per heavy atom. The zero-order valence-corrected chi connectivity index (χ0v) is 10.5. The summed E-state index contributed by atoms with van der Waals surface area (Å²) in [6.45, 7) is 2.41. The summed E-state index contributed by atoms with van der Waals surface area (Å²) in [5.74, 6) is 1.93. The molecule has 3 heteroatoms. The average molecular weight is 242 g/mol. The maximum absolute atomic E-state index is 11.4. The molecule has 94 valence electrons. The zero-order chi connectivity index (χ0) is 12.1. The normalized spacial score (nSPS) is 29.3. The number of amides is 1. The van der Waals surface area contributed by atoms with Crippen LogP contribution in [0.15, 0.2) is 18.2 Å². The lowest BCUT2D eigenvalue weighted by Gasteiger charge is -2.33. The molecule has 4 rings (SSSR count). The molecule has 3 nitrogen and oxygen atoms in total. The van der Waals surface area contributed by atoms with Gasteiger partial charge in [0.2, 0.25) is 5.91 Å². The van der Waals surface area contributed by atoms with Crippen LogP contribution in [0.25, 0.3) is 0 Å². The maximum atomic E-state index is 11.4. The number of rotatable bonds is 1. The van der Waals surface area contributed by atoms with Crippen molar-refractivity contribution in [3.63, 3.8) is 0 Å². The number of benzene rings is 1. The number of hydrogen-bond donors (Lipinski definition) is 1. The summed E-state index contributed by atoms with van der Waals surface area (Å²) in [6.07, 6.45) is 4.80. The van der Waals surface area contributed by atoms with Crippen LogP contribution >= 0.6 is 0 Å². The van der Waals surface area contributed by atoms with Crippen molar-refractivity contribution in [1.82, 2.24) is 0 Å². The number of carbonyl (C=O) groups excluding carboxylic acids is 1. The Balaban J connectivity index is 1.62. The Kier molecular flexibility index (Phi) is 2.16. The lowest BCUT2D eigenvalue weighted by molar-refractivity contribution is -0.115. The number of anilines is 2. The Morgan fingerprint density at radius 2 is 1.94 bits per heavy atom. The van der Waals surface area contributed by atoms with Crippen LogP contribution in [0.3, 0.4) is 0 Å². The number of nitrogens with one attached hydrogen (secondary N) is 1. The van der Waals surface area contributed by atoms with Gasteiger partial charge in [-0.3, -0.25) is 4.79 Å². The summed E-state index contributed by atoms with van der Waals surface area (Å²) in [4.78, 5) is 13.9. The van der Waals surface area contributed by atoms with E-state index < -0.39 is 0 Å². The van der Waals surface area contributed by atoms with E-state index >= 15 is 0 Å².